The molecular formula is C10H20N2O4. The molecule has 0 aliphatic heterocycles. The van der Waals surface area contributed by atoms with E-state index in [1.54, 1.807) is 0 Å². The Balaban J connectivity index is 4.07. The Morgan fingerprint density at radius 1 is 1.38 bits per heavy atom. The van der Waals surface area contributed by atoms with Crippen LogP contribution in [0.15, 0.2) is 0 Å². The summed E-state index contributed by atoms with van der Waals surface area (Å²) in [6, 6.07) is 0. The van der Waals surface area contributed by atoms with Crippen molar-refractivity contribution in [3.63, 3.8) is 0 Å². The van der Waals surface area contributed by atoms with Gasteiger partial charge in [-0.1, -0.05) is 13.8 Å². The quantitative estimate of drug-likeness (QED) is 0.457. The maximum atomic E-state index is 11.5. The maximum Gasteiger partial charge on any atom is 0.334 e. The normalized spacial score (nSPS) is 14.6. The average Bonchev–Trinajstić information content (AvgIpc) is 2.21. The Hall–Kier alpha value is -1.14. The predicted molar refractivity (Wildman–Crippen MR) is 58.7 cm³/mol. The molecular weight excluding hydrogens is 212 g/mol. The van der Waals surface area contributed by atoms with Gasteiger partial charge in [0.1, 0.15) is 0 Å². The van der Waals surface area contributed by atoms with Gasteiger partial charge in [0, 0.05) is 6.54 Å². The highest BCUT2D eigenvalue weighted by Gasteiger charge is 2.20. The fourth-order valence-electron chi connectivity index (χ4n) is 1.31. The highest BCUT2D eigenvalue weighted by molar-refractivity contribution is 5.80. The molecule has 0 saturated carbocycles. The van der Waals surface area contributed by atoms with E-state index in [-0.39, 0.29) is 24.9 Å². The largest absolute Gasteiger partial charge is 0.479 e. The third kappa shape index (κ3) is 5.67. The molecule has 0 spiro atoms. The van der Waals surface area contributed by atoms with Gasteiger partial charge in [-0.05, 0) is 12.3 Å². The van der Waals surface area contributed by atoms with Crippen LogP contribution in [0.4, 0.5) is 0 Å². The van der Waals surface area contributed by atoms with Gasteiger partial charge in [-0.15, -0.1) is 0 Å². The molecule has 6 nitrogen and oxygen atoms in total. The second-order valence-corrected chi connectivity index (χ2v) is 4.16. The lowest BCUT2D eigenvalue weighted by molar-refractivity contribution is -0.146. The molecule has 16 heavy (non-hydrogen) atoms. The number of hydrogen-bond donors (Lipinski definition) is 4. The minimum absolute atomic E-state index is 0.215. The van der Waals surface area contributed by atoms with Crippen molar-refractivity contribution in [1.82, 2.24) is 5.32 Å². The van der Waals surface area contributed by atoms with E-state index in [0.717, 1.165) is 0 Å². The first kappa shape index (κ1) is 14.9. The lowest BCUT2D eigenvalue weighted by Crippen LogP contribution is -2.41. The zero-order chi connectivity index (χ0) is 12.7. The van der Waals surface area contributed by atoms with E-state index in [4.69, 9.17) is 15.9 Å². The van der Waals surface area contributed by atoms with Crippen LogP contribution in [0.2, 0.25) is 0 Å². The highest BCUT2D eigenvalue weighted by Crippen LogP contribution is 2.10. The van der Waals surface area contributed by atoms with Gasteiger partial charge in [-0.3, -0.25) is 4.79 Å². The van der Waals surface area contributed by atoms with Crippen LogP contribution in [-0.2, 0) is 9.59 Å². The van der Waals surface area contributed by atoms with Crippen molar-refractivity contribution in [2.24, 2.45) is 17.6 Å². The number of carboxylic acid groups (broad SMARTS) is 1. The van der Waals surface area contributed by atoms with E-state index in [2.05, 4.69) is 5.32 Å². The summed E-state index contributed by atoms with van der Waals surface area (Å²) in [5.41, 5.74) is 5.45. The van der Waals surface area contributed by atoms with E-state index >= 15 is 0 Å². The minimum Gasteiger partial charge on any atom is -0.479 e. The lowest BCUT2D eigenvalue weighted by Gasteiger charge is -2.17. The Kier molecular flexibility index (Phi) is 6.67. The van der Waals surface area contributed by atoms with E-state index < -0.39 is 12.1 Å². The molecule has 2 atom stereocenters. The number of nitrogens with one attached hydrogen (secondary N) is 1. The van der Waals surface area contributed by atoms with Crippen LogP contribution in [0.1, 0.15) is 20.3 Å². The molecule has 0 heterocycles. The number of carboxylic acids is 1. The molecule has 0 aromatic carbocycles. The van der Waals surface area contributed by atoms with Gasteiger partial charge in [0.05, 0.1) is 12.5 Å². The van der Waals surface area contributed by atoms with Gasteiger partial charge in [-0.2, -0.15) is 0 Å². The van der Waals surface area contributed by atoms with Gasteiger partial charge in [-0.25, -0.2) is 4.79 Å². The van der Waals surface area contributed by atoms with Crippen LogP contribution in [0.3, 0.4) is 0 Å². The van der Waals surface area contributed by atoms with E-state index in [9.17, 15) is 9.59 Å². The minimum atomic E-state index is -1.57. The van der Waals surface area contributed by atoms with Crippen LogP contribution in [0, 0.1) is 11.8 Å². The maximum absolute atomic E-state index is 11.5. The predicted octanol–water partition coefficient (Wildman–Crippen LogP) is -0.831. The molecule has 0 saturated heterocycles. The number of aliphatic hydroxyl groups excluding tert-OH is 1. The highest BCUT2D eigenvalue weighted by atomic mass is 16.4. The van der Waals surface area contributed by atoms with Gasteiger partial charge in [0.25, 0.3) is 0 Å². The summed E-state index contributed by atoms with van der Waals surface area (Å²) in [5.74, 6) is -1.66. The van der Waals surface area contributed by atoms with E-state index in [1.165, 1.54) is 0 Å². The number of amides is 1. The number of rotatable bonds is 7. The van der Waals surface area contributed by atoms with Crippen LogP contribution in [0.5, 0.6) is 0 Å². The van der Waals surface area contributed by atoms with Crippen LogP contribution in [-0.4, -0.2) is 41.3 Å². The zero-order valence-electron chi connectivity index (χ0n) is 9.64. The smallest absolute Gasteiger partial charge is 0.334 e. The second kappa shape index (κ2) is 7.19. The van der Waals surface area contributed by atoms with Gasteiger partial charge >= 0.3 is 5.97 Å². The summed E-state index contributed by atoms with van der Waals surface area (Å²) in [6.45, 7) is 3.88. The Morgan fingerprint density at radius 2 is 1.94 bits per heavy atom. The molecule has 0 bridgehead atoms. The molecule has 1 amide bonds. The monoisotopic (exact) mass is 232 g/mol. The SMILES string of the molecule is CC(C)CC(CN)C(=O)NCC(O)C(=O)O. The average molecular weight is 232 g/mol. The Labute approximate surface area is 94.8 Å². The molecule has 0 aliphatic rings. The standard InChI is InChI=1S/C10H20N2O4/c1-6(2)3-7(4-11)9(14)12-5-8(13)10(15)16/h6-8,13H,3-5,11H2,1-2H3,(H,12,14)(H,15,16). The molecule has 6 heteroatoms. The van der Waals surface area contributed by atoms with Crippen molar-refractivity contribution in [3.05, 3.63) is 0 Å². The summed E-state index contributed by atoms with van der Waals surface area (Å²) in [6.07, 6.45) is -0.924. The van der Waals surface area contributed by atoms with Crippen molar-refractivity contribution in [2.75, 3.05) is 13.1 Å². The fraction of sp³-hybridized carbons (Fsp3) is 0.800. The van der Waals surface area contributed by atoms with Crippen molar-refractivity contribution in [2.45, 2.75) is 26.4 Å². The molecule has 0 rings (SSSR count). The molecule has 2 unspecified atom stereocenters. The summed E-state index contributed by atoms with van der Waals surface area (Å²) in [4.78, 5) is 21.8. The number of carbonyl (C=O) groups excluding carboxylic acids is 1. The summed E-state index contributed by atoms with van der Waals surface area (Å²) < 4.78 is 0. The van der Waals surface area contributed by atoms with Gasteiger partial charge in [0.15, 0.2) is 6.10 Å². The van der Waals surface area contributed by atoms with Crippen molar-refractivity contribution >= 4 is 11.9 Å². The lowest BCUT2D eigenvalue weighted by atomic mass is 9.96. The molecule has 5 N–H and O–H groups in total. The number of carbonyl (C=O) groups is 2. The first-order chi connectivity index (χ1) is 7.38. The molecule has 0 fully saturated rings. The van der Waals surface area contributed by atoms with Gasteiger partial charge < -0.3 is 21.3 Å². The van der Waals surface area contributed by atoms with Crippen molar-refractivity contribution in [1.29, 1.82) is 0 Å². The van der Waals surface area contributed by atoms with Crippen molar-refractivity contribution in [3.8, 4) is 0 Å². The van der Waals surface area contributed by atoms with Crippen LogP contribution < -0.4 is 11.1 Å². The third-order valence-corrected chi connectivity index (χ3v) is 2.17. The van der Waals surface area contributed by atoms with E-state index in [0.29, 0.717) is 12.3 Å². The first-order valence-corrected chi connectivity index (χ1v) is 5.27. The molecule has 0 aromatic heterocycles. The number of nitrogens with two attached hydrogens (primary N) is 1. The number of hydrogen-bond acceptors (Lipinski definition) is 4. The molecule has 0 aliphatic carbocycles. The zero-order valence-corrected chi connectivity index (χ0v) is 9.64. The summed E-state index contributed by atoms with van der Waals surface area (Å²) >= 11 is 0. The van der Waals surface area contributed by atoms with Crippen LogP contribution in [0.25, 0.3) is 0 Å². The molecule has 0 radical (unpaired) electrons. The third-order valence-electron chi connectivity index (χ3n) is 2.17. The van der Waals surface area contributed by atoms with E-state index in [1.807, 2.05) is 13.8 Å². The second-order valence-electron chi connectivity index (χ2n) is 4.16. The first-order valence-electron chi connectivity index (χ1n) is 5.27. The fourth-order valence-corrected chi connectivity index (χ4v) is 1.31. The summed E-state index contributed by atoms with van der Waals surface area (Å²) in [5, 5.41) is 19.7. The Bertz CT molecular complexity index is 243. The number of aliphatic hydroxyl groups is 1. The van der Waals surface area contributed by atoms with Gasteiger partial charge in [0.2, 0.25) is 5.91 Å². The molecule has 94 valence electrons. The van der Waals surface area contributed by atoms with Crippen LogP contribution >= 0.6 is 0 Å². The Morgan fingerprint density at radius 3 is 2.31 bits per heavy atom. The number of aliphatic carboxylic acids is 1. The topological polar surface area (TPSA) is 113 Å². The van der Waals surface area contributed by atoms with Crippen molar-refractivity contribution < 1.29 is 19.8 Å². The summed E-state index contributed by atoms with van der Waals surface area (Å²) in [7, 11) is 0. The molecule has 0 aromatic rings.